The van der Waals surface area contributed by atoms with Gasteiger partial charge in [0.1, 0.15) is 0 Å². The smallest absolute Gasteiger partial charge is 0.253 e. The van der Waals surface area contributed by atoms with Gasteiger partial charge < -0.3 is 20.1 Å². The van der Waals surface area contributed by atoms with E-state index in [1.165, 1.54) is 5.56 Å². The van der Waals surface area contributed by atoms with Crippen molar-refractivity contribution in [2.24, 2.45) is 0 Å². The SMILES string of the molecule is CCCCNC(=S)N(CCN(CC)CC)Cc1cc2c(C)ccc(C)c2[nH]c1=O. The fraction of sp³-hybridized carbons (Fsp3) is 0.565. The first-order chi connectivity index (χ1) is 13.9. The Morgan fingerprint density at radius 1 is 1.10 bits per heavy atom. The van der Waals surface area contributed by atoms with Gasteiger partial charge in [-0.05, 0) is 62.8 Å². The molecule has 0 saturated heterocycles. The van der Waals surface area contributed by atoms with Gasteiger partial charge in [-0.3, -0.25) is 4.79 Å². The number of likely N-dealkylation sites (N-methyl/N-ethyl adjacent to an activating group) is 1. The van der Waals surface area contributed by atoms with Gasteiger partial charge in [0.15, 0.2) is 5.11 Å². The van der Waals surface area contributed by atoms with Crippen molar-refractivity contribution in [1.29, 1.82) is 0 Å². The largest absolute Gasteiger partial charge is 0.363 e. The molecule has 1 aromatic heterocycles. The van der Waals surface area contributed by atoms with Gasteiger partial charge in [0.25, 0.3) is 5.56 Å². The zero-order chi connectivity index (χ0) is 21.4. The molecule has 0 aliphatic heterocycles. The van der Waals surface area contributed by atoms with Gasteiger partial charge in [0.05, 0.1) is 12.1 Å². The van der Waals surface area contributed by atoms with E-state index in [0.29, 0.717) is 6.54 Å². The number of thiocarbonyl (C=S) groups is 1. The summed E-state index contributed by atoms with van der Waals surface area (Å²) >= 11 is 5.68. The lowest BCUT2D eigenvalue weighted by atomic mass is 10.0. The molecule has 2 rings (SSSR count). The number of rotatable bonds is 10. The molecule has 6 heteroatoms. The molecule has 0 aliphatic rings. The lowest BCUT2D eigenvalue weighted by Gasteiger charge is -2.29. The van der Waals surface area contributed by atoms with Crippen LogP contribution in [0.3, 0.4) is 0 Å². The van der Waals surface area contributed by atoms with Crippen LogP contribution in [0, 0.1) is 13.8 Å². The molecule has 0 atom stereocenters. The van der Waals surface area contributed by atoms with E-state index in [9.17, 15) is 4.79 Å². The van der Waals surface area contributed by atoms with Crippen LogP contribution in [0.25, 0.3) is 10.9 Å². The van der Waals surface area contributed by atoms with Crippen molar-refractivity contribution >= 4 is 28.2 Å². The molecule has 1 aromatic carbocycles. The average molecular weight is 417 g/mol. The number of nitrogens with zero attached hydrogens (tertiary/aromatic N) is 2. The molecule has 29 heavy (non-hydrogen) atoms. The van der Waals surface area contributed by atoms with Crippen molar-refractivity contribution in [3.05, 3.63) is 45.2 Å². The van der Waals surface area contributed by atoms with Crippen LogP contribution in [0.5, 0.6) is 0 Å². The summed E-state index contributed by atoms with van der Waals surface area (Å²) in [6, 6.07) is 6.20. The molecule has 0 radical (unpaired) electrons. The minimum absolute atomic E-state index is 0.0320. The van der Waals surface area contributed by atoms with E-state index in [0.717, 1.165) is 72.7 Å². The number of hydrogen-bond donors (Lipinski definition) is 2. The molecular weight excluding hydrogens is 380 g/mol. The first kappa shape index (κ1) is 23.4. The minimum atomic E-state index is -0.0320. The Hall–Kier alpha value is -1.92. The molecular formula is C23H36N4OS. The summed E-state index contributed by atoms with van der Waals surface area (Å²) in [7, 11) is 0. The highest BCUT2D eigenvalue weighted by molar-refractivity contribution is 7.80. The second-order valence-corrected chi connectivity index (χ2v) is 8.03. The van der Waals surface area contributed by atoms with E-state index in [-0.39, 0.29) is 5.56 Å². The van der Waals surface area contributed by atoms with Gasteiger partial charge in [0, 0.05) is 30.6 Å². The summed E-state index contributed by atoms with van der Waals surface area (Å²) in [5.41, 5.74) is 3.91. The molecule has 0 fully saturated rings. The van der Waals surface area contributed by atoms with Gasteiger partial charge in [0.2, 0.25) is 0 Å². The third-order valence-electron chi connectivity index (χ3n) is 5.56. The fourth-order valence-electron chi connectivity index (χ4n) is 3.48. The Labute approximate surface area is 180 Å². The highest BCUT2D eigenvalue weighted by Gasteiger charge is 2.15. The number of hydrogen-bond acceptors (Lipinski definition) is 3. The van der Waals surface area contributed by atoms with Crippen LogP contribution in [0.15, 0.2) is 23.0 Å². The number of aromatic amines is 1. The van der Waals surface area contributed by atoms with Crippen LogP contribution in [-0.4, -0.2) is 52.6 Å². The van der Waals surface area contributed by atoms with E-state index in [4.69, 9.17) is 12.2 Å². The van der Waals surface area contributed by atoms with Crippen LogP contribution in [0.2, 0.25) is 0 Å². The van der Waals surface area contributed by atoms with Crippen LogP contribution in [-0.2, 0) is 6.54 Å². The lowest BCUT2D eigenvalue weighted by Crippen LogP contribution is -2.44. The zero-order valence-corrected chi connectivity index (χ0v) is 19.4. The number of fused-ring (bicyclic) bond motifs is 1. The maximum absolute atomic E-state index is 12.8. The third kappa shape index (κ3) is 6.28. The quantitative estimate of drug-likeness (QED) is 0.453. The fourth-order valence-corrected chi connectivity index (χ4v) is 3.74. The molecule has 0 saturated carbocycles. The van der Waals surface area contributed by atoms with E-state index in [1.807, 2.05) is 13.0 Å². The summed E-state index contributed by atoms with van der Waals surface area (Å²) < 4.78 is 0. The van der Waals surface area contributed by atoms with Crippen molar-refractivity contribution in [3.8, 4) is 0 Å². The van der Waals surface area contributed by atoms with Gasteiger partial charge in [-0.1, -0.05) is 39.3 Å². The maximum atomic E-state index is 12.8. The molecule has 0 bridgehead atoms. The number of aromatic nitrogens is 1. The van der Waals surface area contributed by atoms with E-state index >= 15 is 0 Å². The van der Waals surface area contributed by atoms with E-state index < -0.39 is 0 Å². The molecule has 2 aromatic rings. The zero-order valence-electron chi connectivity index (χ0n) is 18.6. The van der Waals surface area contributed by atoms with Crippen molar-refractivity contribution in [3.63, 3.8) is 0 Å². The number of H-pyrrole nitrogens is 1. The topological polar surface area (TPSA) is 51.4 Å². The number of benzene rings is 1. The summed E-state index contributed by atoms with van der Waals surface area (Å²) in [5.74, 6) is 0. The van der Waals surface area contributed by atoms with Gasteiger partial charge in [-0.15, -0.1) is 0 Å². The number of pyridine rings is 1. The van der Waals surface area contributed by atoms with Gasteiger partial charge in [-0.2, -0.15) is 0 Å². The van der Waals surface area contributed by atoms with Crippen LogP contribution in [0.4, 0.5) is 0 Å². The Morgan fingerprint density at radius 2 is 1.79 bits per heavy atom. The van der Waals surface area contributed by atoms with Crippen molar-refractivity contribution < 1.29 is 0 Å². The van der Waals surface area contributed by atoms with Gasteiger partial charge in [-0.25, -0.2) is 0 Å². The highest BCUT2D eigenvalue weighted by Crippen LogP contribution is 2.20. The number of unbranched alkanes of at least 4 members (excludes halogenated alkanes) is 1. The molecule has 1 heterocycles. The number of nitrogens with one attached hydrogen (secondary N) is 2. The molecule has 0 aliphatic carbocycles. The third-order valence-corrected chi connectivity index (χ3v) is 5.96. The van der Waals surface area contributed by atoms with Crippen molar-refractivity contribution in [2.45, 2.75) is 54.0 Å². The van der Waals surface area contributed by atoms with Crippen LogP contribution in [0.1, 0.15) is 50.3 Å². The summed E-state index contributed by atoms with van der Waals surface area (Å²) in [5, 5.41) is 5.20. The summed E-state index contributed by atoms with van der Waals surface area (Å²) in [4.78, 5) is 20.4. The van der Waals surface area contributed by atoms with Gasteiger partial charge >= 0.3 is 0 Å². The summed E-state index contributed by atoms with van der Waals surface area (Å²) in [6.07, 6.45) is 2.21. The standard InChI is InChI=1S/C23H36N4OS/c1-6-9-12-24-23(29)27(14-13-26(7-2)8-3)16-19-15-20-17(4)10-11-18(5)21(20)25-22(19)28/h10-11,15H,6-9,12-14,16H2,1-5H3,(H,24,29)(H,25,28). The first-order valence-corrected chi connectivity index (χ1v) is 11.2. The summed E-state index contributed by atoms with van der Waals surface area (Å²) in [6.45, 7) is 15.7. The molecule has 0 spiro atoms. The molecule has 0 unspecified atom stereocenters. The maximum Gasteiger partial charge on any atom is 0.253 e. The second kappa shape index (κ2) is 11.3. The predicted octanol–water partition coefficient (Wildman–Crippen LogP) is 3.96. The Bertz CT molecular complexity index is 873. The Kier molecular flexibility index (Phi) is 9.11. The molecule has 2 N–H and O–H groups in total. The number of aryl methyl sites for hydroxylation is 2. The first-order valence-electron chi connectivity index (χ1n) is 10.8. The lowest BCUT2D eigenvalue weighted by molar-refractivity contribution is 0.263. The predicted molar refractivity (Wildman–Crippen MR) is 128 cm³/mol. The van der Waals surface area contributed by atoms with Crippen molar-refractivity contribution in [2.75, 3.05) is 32.7 Å². The Morgan fingerprint density at radius 3 is 2.45 bits per heavy atom. The second-order valence-electron chi connectivity index (χ2n) is 7.65. The minimum Gasteiger partial charge on any atom is -0.363 e. The highest BCUT2D eigenvalue weighted by atomic mass is 32.1. The van der Waals surface area contributed by atoms with E-state index in [2.05, 4.69) is 59.9 Å². The van der Waals surface area contributed by atoms with E-state index in [1.54, 1.807) is 0 Å². The average Bonchev–Trinajstić information content (AvgIpc) is 2.71. The normalized spacial score (nSPS) is 11.2. The molecule has 160 valence electrons. The van der Waals surface area contributed by atoms with Crippen molar-refractivity contribution in [1.82, 2.24) is 20.1 Å². The molecule has 5 nitrogen and oxygen atoms in total. The Balaban J connectivity index is 2.28. The monoisotopic (exact) mass is 416 g/mol. The van der Waals surface area contributed by atoms with Crippen LogP contribution >= 0.6 is 12.2 Å². The van der Waals surface area contributed by atoms with Crippen LogP contribution < -0.4 is 10.9 Å². The molecule has 0 amide bonds.